The van der Waals surface area contributed by atoms with E-state index in [9.17, 15) is 4.39 Å². The molecule has 0 spiro atoms. The first-order chi connectivity index (χ1) is 9.54. The van der Waals surface area contributed by atoms with Crippen LogP contribution in [0.25, 0.3) is 0 Å². The summed E-state index contributed by atoms with van der Waals surface area (Å²) < 4.78 is 13.2. The molecule has 1 N–H and O–H groups in total. The Labute approximate surface area is 132 Å². The molecule has 0 atom stereocenters. The molecule has 0 aliphatic rings. The first kappa shape index (κ1) is 15.6. The molecule has 20 heavy (non-hydrogen) atoms. The fourth-order valence-corrected chi connectivity index (χ4v) is 2.64. The Balaban J connectivity index is 1.84. The van der Waals surface area contributed by atoms with Crippen LogP contribution in [0.4, 0.5) is 4.39 Å². The van der Waals surface area contributed by atoms with Gasteiger partial charge in [-0.3, -0.25) is 0 Å². The van der Waals surface area contributed by atoms with Crippen LogP contribution in [0.5, 0.6) is 0 Å². The molecule has 2 rings (SSSR count). The van der Waals surface area contributed by atoms with Crippen LogP contribution in [0.1, 0.15) is 11.1 Å². The summed E-state index contributed by atoms with van der Waals surface area (Å²) in [6, 6.07) is 9.95. The molecule has 0 saturated heterocycles. The van der Waals surface area contributed by atoms with Gasteiger partial charge in [0.25, 0.3) is 0 Å². The topological polar surface area (TPSA) is 12.0 Å². The lowest BCUT2D eigenvalue weighted by molar-refractivity contribution is 0.620. The second-order valence-corrected chi connectivity index (χ2v) is 5.72. The highest BCUT2D eigenvalue weighted by Gasteiger charge is 2.02. The summed E-state index contributed by atoms with van der Waals surface area (Å²) >= 11 is 17.7. The molecule has 0 saturated carbocycles. The SMILES string of the molecule is Fc1cc(Cl)cc(CNCCc2ccc(Cl)cc2Cl)c1. The monoisotopic (exact) mass is 331 g/mol. The molecular formula is C15H13Cl3FN. The third-order valence-corrected chi connectivity index (χ3v) is 3.64. The summed E-state index contributed by atoms with van der Waals surface area (Å²) in [5, 5.41) is 4.92. The third-order valence-electron chi connectivity index (χ3n) is 2.84. The Morgan fingerprint density at radius 2 is 1.75 bits per heavy atom. The maximum Gasteiger partial charge on any atom is 0.125 e. The van der Waals surface area contributed by atoms with Gasteiger partial charge >= 0.3 is 0 Å². The molecule has 0 aliphatic carbocycles. The molecular weight excluding hydrogens is 320 g/mol. The lowest BCUT2D eigenvalue weighted by atomic mass is 10.1. The molecule has 0 amide bonds. The zero-order valence-corrected chi connectivity index (χ0v) is 12.9. The molecule has 0 aromatic heterocycles. The van der Waals surface area contributed by atoms with Crippen LogP contribution in [0, 0.1) is 5.82 Å². The van der Waals surface area contributed by atoms with Gasteiger partial charge in [0.15, 0.2) is 0 Å². The summed E-state index contributed by atoms with van der Waals surface area (Å²) in [5.41, 5.74) is 1.85. The standard InChI is InChI=1S/C15H13Cl3FN/c16-12-2-1-11(15(18)8-12)3-4-20-9-10-5-13(17)7-14(19)6-10/h1-2,5-8,20H,3-4,9H2. The molecule has 106 valence electrons. The minimum Gasteiger partial charge on any atom is -0.312 e. The zero-order valence-electron chi connectivity index (χ0n) is 10.6. The van der Waals surface area contributed by atoms with Gasteiger partial charge in [0.2, 0.25) is 0 Å². The number of benzene rings is 2. The predicted molar refractivity (Wildman–Crippen MR) is 83.3 cm³/mol. The minimum atomic E-state index is -0.324. The Hall–Kier alpha value is -0.800. The van der Waals surface area contributed by atoms with Gasteiger partial charge < -0.3 is 5.32 Å². The molecule has 0 unspecified atom stereocenters. The summed E-state index contributed by atoms with van der Waals surface area (Å²) in [4.78, 5) is 0. The van der Waals surface area contributed by atoms with Crippen molar-refractivity contribution in [3.8, 4) is 0 Å². The Morgan fingerprint density at radius 3 is 2.45 bits per heavy atom. The number of hydrogen-bond acceptors (Lipinski definition) is 1. The molecule has 2 aromatic carbocycles. The van der Waals surface area contributed by atoms with Gasteiger partial charge in [-0.25, -0.2) is 4.39 Å². The fourth-order valence-electron chi connectivity index (χ4n) is 1.89. The molecule has 2 aromatic rings. The molecule has 0 heterocycles. The van der Waals surface area contributed by atoms with Crippen LogP contribution in [-0.2, 0) is 13.0 Å². The lowest BCUT2D eigenvalue weighted by Crippen LogP contribution is -2.16. The van der Waals surface area contributed by atoms with Crippen molar-refractivity contribution in [3.63, 3.8) is 0 Å². The van der Waals surface area contributed by atoms with E-state index < -0.39 is 0 Å². The van der Waals surface area contributed by atoms with Crippen molar-refractivity contribution in [2.24, 2.45) is 0 Å². The van der Waals surface area contributed by atoms with Gasteiger partial charge in [0.1, 0.15) is 5.82 Å². The number of halogens is 4. The summed E-state index contributed by atoms with van der Waals surface area (Å²) in [7, 11) is 0. The van der Waals surface area contributed by atoms with E-state index in [2.05, 4.69) is 5.32 Å². The van der Waals surface area contributed by atoms with E-state index in [1.807, 2.05) is 12.1 Å². The van der Waals surface area contributed by atoms with Gasteiger partial charge in [0.05, 0.1) is 0 Å². The van der Waals surface area contributed by atoms with Crippen LogP contribution in [-0.4, -0.2) is 6.54 Å². The average Bonchev–Trinajstić information content (AvgIpc) is 2.35. The molecule has 0 radical (unpaired) electrons. The summed E-state index contributed by atoms with van der Waals surface area (Å²) in [6.45, 7) is 1.29. The van der Waals surface area contributed by atoms with E-state index in [0.29, 0.717) is 21.6 Å². The minimum absolute atomic E-state index is 0.324. The van der Waals surface area contributed by atoms with Crippen LogP contribution >= 0.6 is 34.8 Å². The van der Waals surface area contributed by atoms with Crippen molar-refractivity contribution in [2.75, 3.05) is 6.54 Å². The van der Waals surface area contributed by atoms with Crippen molar-refractivity contribution in [2.45, 2.75) is 13.0 Å². The van der Waals surface area contributed by atoms with Crippen molar-refractivity contribution >= 4 is 34.8 Å². The molecule has 1 nitrogen and oxygen atoms in total. The number of rotatable bonds is 5. The van der Waals surface area contributed by atoms with Crippen molar-refractivity contribution in [1.29, 1.82) is 0 Å². The fraction of sp³-hybridized carbons (Fsp3) is 0.200. The zero-order chi connectivity index (χ0) is 14.5. The van der Waals surface area contributed by atoms with Crippen molar-refractivity contribution in [3.05, 3.63) is 68.4 Å². The van der Waals surface area contributed by atoms with E-state index in [0.717, 1.165) is 24.1 Å². The number of nitrogens with one attached hydrogen (secondary N) is 1. The van der Waals surface area contributed by atoms with E-state index >= 15 is 0 Å². The smallest absolute Gasteiger partial charge is 0.125 e. The quantitative estimate of drug-likeness (QED) is 0.750. The molecule has 0 aliphatic heterocycles. The third kappa shape index (κ3) is 4.64. The largest absolute Gasteiger partial charge is 0.312 e. The molecule has 0 bridgehead atoms. The van der Waals surface area contributed by atoms with E-state index in [-0.39, 0.29) is 5.82 Å². The van der Waals surface area contributed by atoms with Gasteiger partial charge in [-0.2, -0.15) is 0 Å². The van der Waals surface area contributed by atoms with Gasteiger partial charge in [-0.05, 0) is 54.4 Å². The maximum atomic E-state index is 13.2. The summed E-state index contributed by atoms with van der Waals surface area (Å²) in [6.07, 6.45) is 0.777. The van der Waals surface area contributed by atoms with Crippen LogP contribution < -0.4 is 5.32 Å². The summed E-state index contributed by atoms with van der Waals surface area (Å²) in [5.74, 6) is -0.324. The lowest BCUT2D eigenvalue weighted by Gasteiger charge is -2.07. The van der Waals surface area contributed by atoms with Gasteiger partial charge in [-0.15, -0.1) is 0 Å². The highest BCUT2D eigenvalue weighted by Crippen LogP contribution is 2.21. The second kappa shape index (κ2) is 7.28. The van der Waals surface area contributed by atoms with E-state index in [4.69, 9.17) is 34.8 Å². The Kier molecular flexibility index (Phi) is 5.67. The average molecular weight is 333 g/mol. The first-order valence-corrected chi connectivity index (χ1v) is 7.27. The Morgan fingerprint density at radius 1 is 0.950 bits per heavy atom. The second-order valence-electron chi connectivity index (χ2n) is 4.44. The van der Waals surface area contributed by atoms with Crippen LogP contribution in [0.2, 0.25) is 15.1 Å². The molecule has 0 fully saturated rings. The van der Waals surface area contributed by atoms with E-state index in [1.54, 1.807) is 12.1 Å². The molecule has 5 heteroatoms. The van der Waals surface area contributed by atoms with Crippen LogP contribution in [0.15, 0.2) is 36.4 Å². The van der Waals surface area contributed by atoms with Gasteiger partial charge in [0, 0.05) is 21.6 Å². The first-order valence-electron chi connectivity index (χ1n) is 6.14. The highest BCUT2D eigenvalue weighted by atomic mass is 35.5. The normalized spacial score (nSPS) is 10.8. The van der Waals surface area contributed by atoms with Crippen LogP contribution in [0.3, 0.4) is 0 Å². The predicted octanol–water partition coefficient (Wildman–Crippen LogP) is 5.12. The highest BCUT2D eigenvalue weighted by molar-refractivity contribution is 6.35. The van der Waals surface area contributed by atoms with E-state index in [1.165, 1.54) is 12.1 Å². The van der Waals surface area contributed by atoms with Crippen molar-refractivity contribution in [1.82, 2.24) is 5.32 Å². The maximum absolute atomic E-state index is 13.2. The Bertz CT molecular complexity index is 581. The number of hydrogen-bond donors (Lipinski definition) is 1. The van der Waals surface area contributed by atoms with Crippen molar-refractivity contribution < 1.29 is 4.39 Å². The van der Waals surface area contributed by atoms with Gasteiger partial charge in [-0.1, -0.05) is 40.9 Å².